The van der Waals surface area contributed by atoms with E-state index in [1.54, 1.807) is 19.1 Å². The number of rotatable bonds is 2. The van der Waals surface area contributed by atoms with Crippen molar-refractivity contribution in [1.82, 2.24) is 0 Å². The predicted octanol–water partition coefficient (Wildman–Crippen LogP) is 5.82. The molecule has 0 bridgehead atoms. The van der Waals surface area contributed by atoms with Crippen molar-refractivity contribution >= 4 is 23.2 Å². The Morgan fingerprint density at radius 3 is 2.44 bits per heavy atom. The van der Waals surface area contributed by atoms with Crippen LogP contribution in [0.1, 0.15) is 43.0 Å². The van der Waals surface area contributed by atoms with Crippen LogP contribution in [0.4, 0.5) is 15.8 Å². The molecule has 0 aromatic heterocycles. The van der Waals surface area contributed by atoms with Crippen LogP contribution in [0.25, 0.3) is 5.57 Å². The Balaban J connectivity index is 2.01. The molecule has 2 aromatic rings. The van der Waals surface area contributed by atoms with Gasteiger partial charge in [0.15, 0.2) is 0 Å². The lowest BCUT2D eigenvalue weighted by molar-refractivity contribution is 0.597. The Morgan fingerprint density at radius 2 is 1.76 bits per heavy atom. The Hall–Kier alpha value is -2.42. The summed E-state index contributed by atoms with van der Waals surface area (Å²) < 4.78 is 13.4. The van der Waals surface area contributed by atoms with E-state index >= 15 is 0 Å². The molecule has 0 aliphatic carbocycles. The van der Waals surface area contributed by atoms with E-state index in [1.807, 2.05) is 6.21 Å². The summed E-state index contributed by atoms with van der Waals surface area (Å²) in [6.45, 7) is 10.5. The maximum Gasteiger partial charge on any atom is 0.126 e. The number of aliphatic imine (C=N–C) groups is 1. The molecule has 25 heavy (non-hydrogen) atoms. The van der Waals surface area contributed by atoms with E-state index in [0.717, 1.165) is 11.3 Å². The number of hydrogen-bond donors (Lipinski definition) is 0. The summed E-state index contributed by atoms with van der Waals surface area (Å²) in [5.41, 5.74) is 7.41. The summed E-state index contributed by atoms with van der Waals surface area (Å²) in [5, 5.41) is 0. The minimum absolute atomic E-state index is 0.00473. The van der Waals surface area contributed by atoms with Crippen LogP contribution in [0.2, 0.25) is 0 Å². The smallest absolute Gasteiger partial charge is 0.126 e. The number of benzene rings is 2. The molecule has 0 spiro atoms. The Morgan fingerprint density at radius 1 is 1.04 bits per heavy atom. The number of hydrogen-bond acceptors (Lipinski definition) is 2. The van der Waals surface area contributed by atoms with E-state index in [1.165, 1.54) is 28.5 Å². The highest BCUT2D eigenvalue weighted by molar-refractivity contribution is 5.90. The molecule has 1 heterocycles. The fraction of sp³-hybridized carbons (Fsp3) is 0.318. The van der Waals surface area contributed by atoms with Crippen LogP contribution in [-0.4, -0.2) is 18.8 Å². The Bertz CT molecular complexity index is 891. The van der Waals surface area contributed by atoms with Gasteiger partial charge in [-0.25, -0.2) is 4.39 Å². The van der Waals surface area contributed by atoms with Gasteiger partial charge in [-0.15, -0.1) is 0 Å². The molecule has 1 aliphatic heterocycles. The summed E-state index contributed by atoms with van der Waals surface area (Å²) in [7, 11) is 2.14. The molecule has 0 N–H and O–H groups in total. The van der Waals surface area contributed by atoms with Gasteiger partial charge in [0.2, 0.25) is 0 Å². The lowest BCUT2D eigenvalue weighted by Gasteiger charge is -2.41. The number of likely N-dealkylation sites (N-methyl/N-ethyl adjacent to an activating group) is 1. The molecule has 0 unspecified atom stereocenters. The first-order valence-corrected chi connectivity index (χ1v) is 8.57. The Labute approximate surface area is 149 Å². The number of halogens is 1. The molecule has 0 fully saturated rings. The molecule has 0 saturated carbocycles. The van der Waals surface area contributed by atoms with Gasteiger partial charge in [0.1, 0.15) is 5.82 Å². The summed E-state index contributed by atoms with van der Waals surface area (Å²) in [6.07, 6.45) is 4.17. The van der Waals surface area contributed by atoms with Crippen LogP contribution in [0, 0.1) is 19.7 Å². The summed E-state index contributed by atoms with van der Waals surface area (Å²) in [5.74, 6) is -0.199. The van der Waals surface area contributed by atoms with Crippen LogP contribution in [0.5, 0.6) is 0 Å². The molecule has 0 atom stereocenters. The van der Waals surface area contributed by atoms with Crippen molar-refractivity contribution in [2.24, 2.45) is 4.99 Å². The van der Waals surface area contributed by atoms with Crippen molar-refractivity contribution < 1.29 is 4.39 Å². The zero-order valence-corrected chi connectivity index (χ0v) is 15.8. The van der Waals surface area contributed by atoms with E-state index in [9.17, 15) is 4.39 Å². The molecule has 0 saturated heterocycles. The molecule has 3 heteroatoms. The average Bonchev–Trinajstić information content (AvgIpc) is 2.54. The van der Waals surface area contributed by atoms with Gasteiger partial charge in [-0.2, -0.15) is 0 Å². The fourth-order valence-electron chi connectivity index (χ4n) is 3.31. The predicted molar refractivity (Wildman–Crippen MR) is 106 cm³/mol. The van der Waals surface area contributed by atoms with E-state index in [2.05, 4.69) is 62.8 Å². The van der Waals surface area contributed by atoms with Crippen LogP contribution < -0.4 is 4.90 Å². The highest BCUT2D eigenvalue weighted by Gasteiger charge is 2.28. The SMILES string of the molecule is CC1=CC(C)(C)N(C)c2cc(C)c(C=Nc3ccc(F)c(C)c3)cc21. The molecule has 130 valence electrons. The largest absolute Gasteiger partial charge is 0.365 e. The fourth-order valence-corrected chi connectivity index (χ4v) is 3.31. The van der Waals surface area contributed by atoms with E-state index in [-0.39, 0.29) is 11.4 Å². The lowest BCUT2D eigenvalue weighted by Crippen LogP contribution is -2.42. The summed E-state index contributed by atoms with van der Waals surface area (Å²) in [4.78, 5) is 6.85. The highest BCUT2D eigenvalue weighted by atomic mass is 19.1. The number of aryl methyl sites for hydroxylation is 2. The topological polar surface area (TPSA) is 15.6 Å². The lowest BCUT2D eigenvalue weighted by atomic mass is 9.87. The zero-order valence-electron chi connectivity index (χ0n) is 15.8. The number of nitrogens with zero attached hydrogens (tertiary/aromatic N) is 2. The third kappa shape index (κ3) is 3.23. The average molecular weight is 336 g/mol. The first-order chi connectivity index (χ1) is 11.7. The number of allylic oxidation sites excluding steroid dienone is 1. The van der Waals surface area contributed by atoms with Crippen LogP contribution in [-0.2, 0) is 0 Å². The molecule has 1 aliphatic rings. The van der Waals surface area contributed by atoms with Gasteiger partial charge in [0.05, 0.1) is 11.2 Å². The van der Waals surface area contributed by atoms with Crippen molar-refractivity contribution in [3.05, 3.63) is 64.5 Å². The second kappa shape index (κ2) is 6.14. The quantitative estimate of drug-likeness (QED) is 0.630. The standard InChI is InChI=1S/C22H25FN2/c1-14-10-21-19(16(3)12-22(4,5)25(21)6)11-17(14)13-24-18-7-8-20(23)15(2)9-18/h7-13H,1-6H3. The zero-order chi connectivity index (χ0) is 18.4. The van der Waals surface area contributed by atoms with Crippen molar-refractivity contribution in [2.75, 3.05) is 11.9 Å². The van der Waals surface area contributed by atoms with Gasteiger partial charge in [-0.1, -0.05) is 6.08 Å². The van der Waals surface area contributed by atoms with E-state index in [0.29, 0.717) is 5.56 Å². The van der Waals surface area contributed by atoms with Crippen molar-refractivity contribution in [3.63, 3.8) is 0 Å². The summed E-state index contributed by atoms with van der Waals surface area (Å²) >= 11 is 0. The maximum atomic E-state index is 13.4. The first kappa shape index (κ1) is 17.4. The third-order valence-corrected chi connectivity index (χ3v) is 5.10. The van der Waals surface area contributed by atoms with Gasteiger partial charge in [0.25, 0.3) is 0 Å². The van der Waals surface area contributed by atoms with Crippen LogP contribution in [0.3, 0.4) is 0 Å². The van der Waals surface area contributed by atoms with Gasteiger partial charge in [-0.05, 0) is 87.2 Å². The number of fused-ring (bicyclic) bond motifs is 1. The van der Waals surface area contributed by atoms with Crippen molar-refractivity contribution in [1.29, 1.82) is 0 Å². The molecule has 2 nitrogen and oxygen atoms in total. The molecular formula is C22H25FN2. The Kier molecular flexibility index (Phi) is 4.28. The molecule has 2 aromatic carbocycles. The molecular weight excluding hydrogens is 311 g/mol. The highest BCUT2D eigenvalue weighted by Crippen LogP contribution is 2.39. The molecule has 0 radical (unpaired) electrons. The first-order valence-electron chi connectivity index (χ1n) is 8.57. The third-order valence-electron chi connectivity index (χ3n) is 5.10. The maximum absolute atomic E-state index is 13.4. The van der Waals surface area contributed by atoms with Crippen LogP contribution >= 0.6 is 0 Å². The molecule has 0 amide bonds. The second-order valence-electron chi connectivity index (χ2n) is 7.46. The van der Waals surface area contributed by atoms with Gasteiger partial charge in [-0.3, -0.25) is 4.99 Å². The van der Waals surface area contributed by atoms with Gasteiger partial charge in [0, 0.05) is 24.5 Å². The van der Waals surface area contributed by atoms with Gasteiger partial charge < -0.3 is 4.90 Å². The minimum atomic E-state index is -0.199. The van der Waals surface area contributed by atoms with Crippen molar-refractivity contribution in [3.8, 4) is 0 Å². The van der Waals surface area contributed by atoms with E-state index < -0.39 is 0 Å². The molecule has 3 rings (SSSR count). The second-order valence-corrected chi connectivity index (χ2v) is 7.46. The normalized spacial score (nSPS) is 16.1. The number of anilines is 1. The minimum Gasteiger partial charge on any atom is -0.365 e. The van der Waals surface area contributed by atoms with Crippen molar-refractivity contribution in [2.45, 2.75) is 40.2 Å². The van der Waals surface area contributed by atoms with Crippen LogP contribution in [0.15, 0.2) is 41.4 Å². The van der Waals surface area contributed by atoms with E-state index in [4.69, 9.17) is 0 Å². The summed E-state index contributed by atoms with van der Waals surface area (Å²) in [6, 6.07) is 9.35. The monoisotopic (exact) mass is 336 g/mol. The van der Waals surface area contributed by atoms with Gasteiger partial charge >= 0.3 is 0 Å².